The largest absolute Gasteiger partial charge is 0.369 e. The Morgan fingerprint density at radius 1 is 1.24 bits per heavy atom. The van der Waals surface area contributed by atoms with Crippen LogP contribution in [-0.4, -0.2) is 46.5 Å². The Balaban J connectivity index is 1.48. The predicted octanol–water partition coefficient (Wildman–Crippen LogP) is 1.47. The maximum absolute atomic E-state index is 11.4. The molecule has 1 aliphatic rings. The molecule has 1 aliphatic carbocycles. The smallest absolute Gasteiger partial charge is 0.225 e. The topological polar surface area (TPSA) is 129 Å². The third-order valence-corrected chi connectivity index (χ3v) is 5.69. The lowest BCUT2D eigenvalue weighted by Gasteiger charge is -2.12. The first kappa shape index (κ1) is 17.5. The molecule has 29 heavy (non-hydrogen) atoms. The molecule has 10 nitrogen and oxygen atoms in total. The van der Waals surface area contributed by atoms with Gasteiger partial charge in [0.2, 0.25) is 11.9 Å². The number of nitrogens with two attached hydrogens (primary N) is 1. The van der Waals surface area contributed by atoms with Crippen LogP contribution in [0.25, 0.3) is 27.9 Å². The molecule has 0 bridgehead atoms. The van der Waals surface area contributed by atoms with E-state index in [0.29, 0.717) is 23.5 Å². The van der Waals surface area contributed by atoms with E-state index in [1.54, 1.807) is 10.9 Å². The summed E-state index contributed by atoms with van der Waals surface area (Å²) in [5.41, 5.74) is 9.42. The molecule has 1 saturated carbocycles. The summed E-state index contributed by atoms with van der Waals surface area (Å²) < 4.78 is 3.73. The van der Waals surface area contributed by atoms with E-state index >= 15 is 0 Å². The van der Waals surface area contributed by atoms with E-state index < -0.39 is 0 Å². The van der Waals surface area contributed by atoms with Crippen LogP contribution in [0.2, 0.25) is 0 Å². The zero-order valence-corrected chi connectivity index (χ0v) is 16.2. The van der Waals surface area contributed by atoms with Crippen LogP contribution in [0.4, 0.5) is 5.95 Å². The van der Waals surface area contributed by atoms with Crippen molar-refractivity contribution in [3.05, 3.63) is 30.2 Å². The Hall–Kier alpha value is -3.56. The van der Waals surface area contributed by atoms with Crippen LogP contribution in [0.3, 0.4) is 0 Å². The van der Waals surface area contributed by atoms with E-state index in [0.717, 1.165) is 35.4 Å². The summed E-state index contributed by atoms with van der Waals surface area (Å²) in [6.45, 7) is 1.97. The summed E-state index contributed by atoms with van der Waals surface area (Å²) in [6, 6.07) is 6.09. The first-order valence-electron chi connectivity index (χ1n) is 9.57. The Morgan fingerprint density at radius 2 is 2.10 bits per heavy atom. The van der Waals surface area contributed by atoms with E-state index in [1.807, 2.05) is 36.7 Å². The van der Waals surface area contributed by atoms with E-state index in [4.69, 9.17) is 5.73 Å². The molecule has 148 valence electrons. The van der Waals surface area contributed by atoms with Gasteiger partial charge in [-0.3, -0.25) is 4.79 Å². The maximum atomic E-state index is 11.4. The lowest BCUT2D eigenvalue weighted by atomic mass is 10.1. The number of aryl methyl sites for hydroxylation is 2. The molecule has 0 spiro atoms. The molecule has 3 heterocycles. The highest BCUT2D eigenvalue weighted by Gasteiger charge is 2.28. The molecule has 10 heteroatoms. The monoisotopic (exact) mass is 391 g/mol. The minimum absolute atomic E-state index is 0.0861. The SMILES string of the molecule is Cc1nc2cc(-n3nnc4cnc(N[C@@H]5CC[C@@H](C(N)=O)C5)nc43)ccc2n1C. The summed E-state index contributed by atoms with van der Waals surface area (Å²) in [6.07, 6.45) is 4.00. The number of nitrogens with zero attached hydrogens (tertiary/aromatic N) is 7. The normalized spacial score (nSPS) is 19.2. The van der Waals surface area contributed by atoms with Gasteiger partial charge in [0.15, 0.2) is 11.2 Å². The van der Waals surface area contributed by atoms with Gasteiger partial charge >= 0.3 is 0 Å². The first-order valence-corrected chi connectivity index (χ1v) is 9.57. The van der Waals surface area contributed by atoms with Crippen LogP contribution < -0.4 is 11.1 Å². The fraction of sp³-hybridized carbons (Fsp3) is 0.368. The predicted molar refractivity (Wildman–Crippen MR) is 107 cm³/mol. The maximum Gasteiger partial charge on any atom is 0.225 e. The molecule has 0 radical (unpaired) electrons. The third-order valence-electron chi connectivity index (χ3n) is 5.69. The number of anilines is 1. The van der Waals surface area contributed by atoms with Gasteiger partial charge in [-0.25, -0.2) is 9.97 Å². The highest BCUT2D eigenvalue weighted by Crippen LogP contribution is 2.27. The molecule has 3 N–H and O–H groups in total. The highest BCUT2D eigenvalue weighted by atomic mass is 16.1. The van der Waals surface area contributed by atoms with Crippen LogP contribution in [0.15, 0.2) is 24.4 Å². The van der Waals surface area contributed by atoms with E-state index in [9.17, 15) is 4.79 Å². The Kier molecular flexibility index (Phi) is 3.93. The summed E-state index contributed by atoms with van der Waals surface area (Å²) in [7, 11) is 1.99. The van der Waals surface area contributed by atoms with Crippen molar-refractivity contribution in [2.24, 2.45) is 18.7 Å². The second-order valence-electron chi connectivity index (χ2n) is 7.55. The number of carbonyl (C=O) groups is 1. The number of hydrogen-bond acceptors (Lipinski definition) is 7. The minimum atomic E-state index is -0.243. The Morgan fingerprint density at radius 3 is 2.90 bits per heavy atom. The number of rotatable bonds is 4. The minimum Gasteiger partial charge on any atom is -0.369 e. The molecule has 5 rings (SSSR count). The quantitative estimate of drug-likeness (QED) is 0.539. The standard InChI is InChI=1S/C19H21N9O/c1-10-22-14-8-13(5-6-16(14)27(10)2)28-18-15(25-26-28)9-21-19(24-18)23-12-4-3-11(7-12)17(20)29/h5-6,8-9,11-12H,3-4,7H2,1-2H3,(H2,20,29)(H,21,23,24)/t11-,12-/m1/s1. The summed E-state index contributed by atoms with van der Waals surface area (Å²) in [5.74, 6) is 1.11. The number of amides is 1. The molecule has 1 aromatic carbocycles. The molecule has 4 aromatic rings. The second kappa shape index (κ2) is 6.50. The number of primary amides is 1. The van der Waals surface area contributed by atoms with Gasteiger partial charge in [0.25, 0.3) is 0 Å². The number of imidazole rings is 1. The van der Waals surface area contributed by atoms with Gasteiger partial charge in [0, 0.05) is 19.0 Å². The van der Waals surface area contributed by atoms with Gasteiger partial charge in [-0.1, -0.05) is 5.21 Å². The fourth-order valence-corrected chi connectivity index (χ4v) is 3.97. The highest BCUT2D eigenvalue weighted by molar-refractivity contribution is 5.80. The zero-order chi connectivity index (χ0) is 20.1. The average molecular weight is 391 g/mol. The molecule has 0 unspecified atom stereocenters. The molecule has 1 amide bonds. The van der Waals surface area contributed by atoms with Crippen LogP contribution in [0.1, 0.15) is 25.1 Å². The van der Waals surface area contributed by atoms with Crippen molar-refractivity contribution in [2.75, 3.05) is 5.32 Å². The molecule has 0 saturated heterocycles. The molecule has 2 atom stereocenters. The van der Waals surface area contributed by atoms with Gasteiger partial charge in [-0.15, -0.1) is 5.10 Å². The van der Waals surface area contributed by atoms with Crippen molar-refractivity contribution in [1.29, 1.82) is 0 Å². The summed E-state index contributed by atoms with van der Waals surface area (Å²) in [5, 5.41) is 11.7. The molecular formula is C19H21N9O. The third kappa shape index (κ3) is 2.96. The molecule has 3 aromatic heterocycles. The van der Waals surface area contributed by atoms with Crippen molar-refractivity contribution < 1.29 is 4.79 Å². The van der Waals surface area contributed by atoms with Crippen molar-refractivity contribution in [3.8, 4) is 5.69 Å². The van der Waals surface area contributed by atoms with Crippen molar-refractivity contribution in [3.63, 3.8) is 0 Å². The van der Waals surface area contributed by atoms with Crippen molar-refractivity contribution in [1.82, 2.24) is 34.5 Å². The number of nitrogens with one attached hydrogen (secondary N) is 1. The van der Waals surface area contributed by atoms with Gasteiger partial charge in [0.05, 0.1) is 22.9 Å². The lowest BCUT2D eigenvalue weighted by molar-refractivity contribution is -0.121. The lowest BCUT2D eigenvalue weighted by Crippen LogP contribution is -2.23. The van der Waals surface area contributed by atoms with Crippen molar-refractivity contribution in [2.45, 2.75) is 32.2 Å². The molecule has 0 aliphatic heterocycles. The number of aromatic nitrogens is 7. The van der Waals surface area contributed by atoms with Crippen LogP contribution in [0, 0.1) is 12.8 Å². The number of hydrogen-bond donors (Lipinski definition) is 2. The van der Waals surface area contributed by atoms with E-state index in [-0.39, 0.29) is 17.9 Å². The van der Waals surface area contributed by atoms with Gasteiger partial charge in [0.1, 0.15) is 5.82 Å². The molecular weight excluding hydrogens is 370 g/mol. The average Bonchev–Trinajstić information content (AvgIpc) is 3.40. The number of benzene rings is 1. The van der Waals surface area contributed by atoms with Gasteiger partial charge in [-0.05, 0) is 44.4 Å². The number of fused-ring (bicyclic) bond motifs is 2. The Labute approximate surface area is 166 Å². The number of carbonyl (C=O) groups excluding carboxylic acids is 1. The van der Waals surface area contributed by atoms with Gasteiger partial charge in [-0.2, -0.15) is 9.67 Å². The zero-order valence-electron chi connectivity index (χ0n) is 16.2. The summed E-state index contributed by atoms with van der Waals surface area (Å²) >= 11 is 0. The van der Waals surface area contributed by atoms with E-state index in [2.05, 4.69) is 30.6 Å². The van der Waals surface area contributed by atoms with Crippen molar-refractivity contribution >= 4 is 34.1 Å². The van der Waals surface area contributed by atoms with Gasteiger partial charge < -0.3 is 15.6 Å². The Bertz CT molecular complexity index is 1240. The fourth-order valence-electron chi connectivity index (χ4n) is 3.97. The van der Waals surface area contributed by atoms with Crippen LogP contribution in [0.5, 0.6) is 0 Å². The second-order valence-corrected chi connectivity index (χ2v) is 7.55. The first-order chi connectivity index (χ1) is 14.0. The van der Waals surface area contributed by atoms with E-state index in [1.165, 1.54) is 0 Å². The van der Waals surface area contributed by atoms with Crippen LogP contribution in [-0.2, 0) is 11.8 Å². The molecule has 1 fully saturated rings. The van der Waals surface area contributed by atoms with Crippen LogP contribution >= 0.6 is 0 Å². The summed E-state index contributed by atoms with van der Waals surface area (Å²) in [4.78, 5) is 24.9.